The highest BCUT2D eigenvalue weighted by Gasteiger charge is 2.22. The normalized spacial score (nSPS) is 19.9. The number of carbonyl (C=O) groups is 1. The van der Waals surface area contributed by atoms with Gasteiger partial charge in [0.05, 0.1) is 25.5 Å². The fourth-order valence-corrected chi connectivity index (χ4v) is 1.47. The molecule has 1 fully saturated rings. The maximum absolute atomic E-state index is 13.1. The molecule has 3 N–H and O–H groups in total. The SMILES string of the molecule is Nc1ccc(NC(=O)C2COCCO2)cc1F. The zero-order chi connectivity index (χ0) is 12.3. The number of nitrogens with one attached hydrogen (secondary N) is 1. The molecular formula is C11H13FN2O3. The van der Waals surface area contributed by atoms with Crippen molar-refractivity contribution >= 4 is 17.3 Å². The summed E-state index contributed by atoms with van der Waals surface area (Å²) in [7, 11) is 0. The van der Waals surface area contributed by atoms with Gasteiger partial charge in [-0.2, -0.15) is 0 Å². The number of rotatable bonds is 2. The quantitative estimate of drug-likeness (QED) is 0.748. The van der Waals surface area contributed by atoms with Crippen molar-refractivity contribution in [3.63, 3.8) is 0 Å². The summed E-state index contributed by atoms with van der Waals surface area (Å²) in [6, 6.07) is 4.08. The summed E-state index contributed by atoms with van der Waals surface area (Å²) >= 11 is 0. The Morgan fingerprint density at radius 2 is 2.29 bits per heavy atom. The van der Waals surface area contributed by atoms with Gasteiger partial charge in [-0.1, -0.05) is 0 Å². The minimum Gasteiger partial charge on any atom is -0.396 e. The molecule has 1 atom stereocenters. The lowest BCUT2D eigenvalue weighted by Gasteiger charge is -2.22. The number of ether oxygens (including phenoxy) is 2. The van der Waals surface area contributed by atoms with Gasteiger partial charge in [-0.05, 0) is 18.2 Å². The minimum atomic E-state index is -0.649. The Balaban J connectivity index is 1.99. The van der Waals surface area contributed by atoms with Gasteiger partial charge in [-0.25, -0.2) is 4.39 Å². The number of hydrogen-bond acceptors (Lipinski definition) is 4. The summed E-state index contributed by atoms with van der Waals surface area (Å²) in [6.07, 6.45) is -0.649. The van der Waals surface area contributed by atoms with E-state index >= 15 is 0 Å². The lowest BCUT2D eigenvalue weighted by molar-refractivity contribution is -0.142. The number of benzene rings is 1. The number of hydrogen-bond donors (Lipinski definition) is 2. The average Bonchev–Trinajstić information content (AvgIpc) is 2.35. The van der Waals surface area contributed by atoms with Crippen LogP contribution in [0, 0.1) is 5.82 Å². The Kier molecular flexibility index (Phi) is 3.55. The monoisotopic (exact) mass is 240 g/mol. The van der Waals surface area contributed by atoms with Crippen LogP contribution in [0.2, 0.25) is 0 Å². The average molecular weight is 240 g/mol. The van der Waals surface area contributed by atoms with Crippen molar-refractivity contribution in [2.45, 2.75) is 6.10 Å². The molecule has 1 heterocycles. The van der Waals surface area contributed by atoms with Gasteiger partial charge in [0.15, 0.2) is 6.10 Å². The first-order valence-corrected chi connectivity index (χ1v) is 5.22. The largest absolute Gasteiger partial charge is 0.396 e. The Bertz CT molecular complexity index is 419. The van der Waals surface area contributed by atoms with Crippen LogP contribution >= 0.6 is 0 Å². The topological polar surface area (TPSA) is 73.6 Å². The van der Waals surface area contributed by atoms with E-state index in [1.807, 2.05) is 0 Å². The summed E-state index contributed by atoms with van der Waals surface area (Å²) in [5, 5.41) is 2.54. The number of nitrogens with two attached hydrogens (primary N) is 1. The molecule has 0 aromatic heterocycles. The highest BCUT2D eigenvalue weighted by molar-refractivity contribution is 5.94. The second kappa shape index (κ2) is 5.11. The van der Waals surface area contributed by atoms with Crippen LogP contribution in [-0.4, -0.2) is 31.8 Å². The first-order chi connectivity index (χ1) is 8.16. The van der Waals surface area contributed by atoms with Gasteiger partial charge < -0.3 is 20.5 Å². The van der Waals surface area contributed by atoms with E-state index in [0.717, 1.165) is 6.07 Å². The lowest BCUT2D eigenvalue weighted by atomic mass is 10.2. The van der Waals surface area contributed by atoms with Crippen LogP contribution < -0.4 is 11.1 Å². The number of nitrogen functional groups attached to an aromatic ring is 1. The van der Waals surface area contributed by atoms with Crippen LogP contribution in [0.4, 0.5) is 15.8 Å². The molecule has 1 unspecified atom stereocenters. The van der Waals surface area contributed by atoms with E-state index in [2.05, 4.69) is 5.32 Å². The Hall–Kier alpha value is -1.66. The number of carbonyl (C=O) groups excluding carboxylic acids is 1. The summed E-state index contributed by atoms with van der Waals surface area (Å²) in [5.41, 5.74) is 5.72. The third-order valence-corrected chi connectivity index (χ3v) is 2.38. The first-order valence-electron chi connectivity index (χ1n) is 5.22. The molecule has 6 heteroatoms. The van der Waals surface area contributed by atoms with E-state index in [1.54, 1.807) is 0 Å². The Morgan fingerprint density at radius 1 is 1.47 bits per heavy atom. The molecule has 1 saturated heterocycles. The number of amides is 1. The molecule has 0 spiro atoms. The van der Waals surface area contributed by atoms with Gasteiger partial charge in [-0.15, -0.1) is 0 Å². The lowest BCUT2D eigenvalue weighted by Crippen LogP contribution is -2.39. The van der Waals surface area contributed by atoms with Crippen LogP contribution in [0.25, 0.3) is 0 Å². The van der Waals surface area contributed by atoms with E-state index in [1.165, 1.54) is 12.1 Å². The summed E-state index contributed by atoms with van der Waals surface area (Å²) in [5.74, 6) is -0.919. The standard InChI is InChI=1S/C11H13FN2O3/c12-8-5-7(1-2-9(8)13)14-11(15)10-6-16-3-4-17-10/h1-2,5,10H,3-4,6,13H2,(H,14,15). The summed E-state index contributed by atoms with van der Waals surface area (Å²) in [4.78, 5) is 11.7. The molecule has 1 aromatic carbocycles. The highest BCUT2D eigenvalue weighted by atomic mass is 19.1. The molecule has 17 heavy (non-hydrogen) atoms. The Labute approximate surface area is 97.7 Å². The van der Waals surface area contributed by atoms with Gasteiger partial charge in [0, 0.05) is 5.69 Å². The molecule has 2 rings (SSSR count). The fraction of sp³-hybridized carbons (Fsp3) is 0.364. The zero-order valence-corrected chi connectivity index (χ0v) is 9.11. The molecule has 0 radical (unpaired) electrons. The van der Waals surface area contributed by atoms with E-state index in [0.29, 0.717) is 18.9 Å². The van der Waals surface area contributed by atoms with E-state index < -0.39 is 11.9 Å². The molecule has 0 aliphatic carbocycles. The smallest absolute Gasteiger partial charge is 0.255 e. The fourth-order valence-electron chi connectivity index (χ4n) is 1.47. The third kappa shape index (κ3) is 2.92. The zero-order valence-electron chi connectivity index (χ0n) is 9.11. The van der Waals surface area contributed by atoms with Crippen molar-refractivity contribution in [2.24, 2.45) is 0 Å². The molecule has 0 bridgehead atoms. The summed E-state index contributed by atoms with van der Waals surface area (Å²) in [6.45, 7) is 1.08. The van der Waals surface area contributed by atoms with Crippen molar-refractivity contribution in [2.75, 3.05) is 30.9 Å². The van der Waals surface area contributed by atoms with Crippen LogP contribution in [0.15, 0.2) is 18.2 Å². The van der Waals surface area contributed by atoms with Gasteiger partial charge in [0.1, 0.15) is 5.82 Å². The van der Waals surface area contributed by atoms with Gasteiger partial charge in [-0.3, -0.25) is 4.79 Å². The molecule has 1 aliphatic rings. The number of anilines is 2. The predicted molar refractivity (Wildman–Crippen MR) is 60.0 cm³/mol. The minimum absolute atomic E-state index is 0.0419. The van der Waals surface area contributed by atoms with Gasteiger partial charge >= 0.3 is 0 Å². The maximum atomic E-state index is 13.1. The van der Waals surface area contributed by atoms with Crippen LogP contribution in [-0.2, 0) is 14.3 Å². The van der Waals surface area contributed by atoms with Crippen molar-refractivity contribution in [1.82, 2.24) is 0 Å². The van der Waals surface area contributed by atoms with E-state index in [9.17, 15) is 9.18 Å². The maximum Gasteiger partial charge on any atom is 0.255 e. The molecule has 1 aromatic rings. The molecule has 92 valence electrons. The van der Waals surface area contributed by atoms with E-state index in [4.69, 9.17) is 15.2 Å². The van der Waals surface area contributed by atoms with Crippen molar-refractivity contribution in [3.8, 4) is 0 Å². The van der Waals surface area contributed by atoms with Crippen LogP contribution in [0.5, 0.6) is 0 Å². The molecular weight excluding hydrogens is 227 g/mol. The van der Waals surface area contributed by atoms with Crippen LogP contribution in [0.3, 0.4) is 0 Å². The molecule has 1 aliphatic heterocycles. The predicted octanol–water partition coefficient (Wildman–Crippen LogP) is 0.762. The van der Waals surface area contributed by atoms with Crippen LogP contribution in [0.1, 0.15) is 0 Å². The van der Waals surface area contributed by atoms with Crippen molar-refractivity contribution in [1.29, 1.82) is 0 Å². The second-order valence-corrected chi connectivity index (χ2v) is 3.66. The van der Waals surface area contributed by atoms with Crippen molar-refractivity contribution in [3.05, 3.63) is 24.0 Å². The molecule has 5 nitrogen and oxygen atoms in total. The highest BCUT2D eigenvalue weighted by Crippen LogP contribution is 2.16. The number of halogens is 1. The first kappa shape index (κ1) is 11.8. The Morgan fingerprint density at radius 3 is 2.94 bits per heavy atom. The van der Waals surface area contributed by atoms with Gasteiger partial charge in [0.2, 0.25) is 0 Å². The van der Waals surface area contributed by atoms with E-state index in [-0.39, 0.29) is 18.2 Å². The second-order valence-electron chi connectivity index (χ2n) is 3.66. The molecule has 0 saturated carbocycles. The molecule has 1 amide bonds. The summed E-state index contributed by atoms with van der Waals surface area (Å²) < 4.78 is 23.5. The third-order valence-electron chi connectivity index (χ3n) is 2.38. The van der Waals surface area contributed by atoms with Gasteiger partial charge in [0.25, 0.3) is 5.91 Å². The van der Waals surface area contributed by atoms with Crippen molar-refractivity contribution < 1.29 is 18.7 Å².